The number of hydrogen-bond donors (Lipinski definition) is 3. The molecule has 0 aromatic heterocycles. The fraction of sp³-hybridized carbons (Fsp3) is 0.786. The number of ether oxygens (including phenoxy) is 1. The van der Waals surface area contributed by atoms with Crippen molar-refractivity contribution in [3.63, 3.8) is 0 Å². The zero-order chi connectivity index (χ0) is 13.7. The Kier molecular flexibility index (Phi) is 5.22. The van der Waals surface area contributed by atoms with Gasteiger partial charge in [-0.2, -0.15) is 0 Å². The van der Waals surface area contributed by atoms with E-state index in [1.54, 1.807) is 0 Å². The molecule has 108 valence electrons. The van der Waals surface area contributed by atoms with E-state index < -0.39 is 0 Å². The van der Waals surface area contributed by atoms with E-state index >= 15 is 0 Å². The van der Waals surface area contributed by atoms with Gasteiger partial charge < -0.3 is 20.5 Å². The van der Waals surface area contributed by atoms with Gasteiger partial charge in [-0.1, -0.05) is 12.2 Å². The first-order chi connectivity index (χ1) is 9.19. The molecule has 4 atom stereocenters. The predicted molar refractivity (Wildman–Crippen MR) is 72.8 cm³/mol. The lowest BCUT2D eigenvalue weighted by Gasteiger charge is -2.28. The third-order valence-corrected chi connectivity index (χ3v) is 3.98. The lowest BCUT2D eigenvalue weighted by molar-refractivity contribution is 0.0434. The molecule has 2 aliphatic rings. The highest BCUT2D eigenvalue weighted by Gasteiger charge is 2.24. The molecule has 2 unspecified atom stereocenters. The van der Waals surface area contributed by atoms with E-state index in [-0.39, 0.29) is 30.6 Å². The maximum atomic E-state index is 11.9. The molecule has 2 amide bonds. The van der Waals surface area contributed by atoms with Crippen LogP contribution >= 0.6 is 0 Å². The smallest absolute Gasteiger partial charge is 0.315 e. The number of amides is 2. The van der Waals surface area contributed by atoms with Crippen molar-refractivity contribution in [3.05, 3.63) is 12.2 Å². The minimum absolute atomic E-state index is 0.0342. The number of carbonyl (C=O) groups excluding carboxylic acids is 1. The van der Waals surface area contributed by atoms with Gasteiger partial charge in [0.2, 0.25) is 0 Å². The van der Waals surface area contributed by atoms with Crippen LogP contribution in [0.15, 0.2) is 12.2 Å². The number of aliphatic hydroxyl groups excluding tert-OH is 1. The van der Waals surface area contributed by atoms with Gasteiger partial charge in [0.15, 0.2) is 0 Å². The number of urea groups is 1. The summed E-state index contributed by atoms with van der Waals surface area (Å²) >= 11 is 0. The molecule has 0 aromatic carbocycles. The number of hydrogen-bond acceptors (Lipinski definition) is 3. The number of nitrogens with one attached hydrogen (secondary N) is 2. The number of rotatable bonds is 4. The molecule has 5 nitrogen and oxygen atoms in total. The molecular formula is C14H24N2O3. The van der Waals surface area contributed by atoms with Gasteiger partial charge in [0.25, 0.3) is 0 Å². The van der Waals surface area contributed by atoms with Gasteiger partial charge in [-0.15, -0.1) is 0 Å². The fourth-order valence-corrected chi connectivity index (χ4v) is 2.71. The maximum absolute atomic E-state index is 11.9. The monoisotopic (exact) mass is 268 g/mol. The van der Waals surface area contributed by atoms with E-state index in [1.807, 2.05) is 19.1 Å². The van der Waals surface area contributed by atoms with E-state index in [2.05, 4.69) is 10.6 Å². The highest BCUT2D eigenvalue weighted by Crippen LogP contribution is 2.18. The normalized spacial score (nSPS) is 32.0. The molecule has 1 aliphatic heterocycles. The highest BCUT2D eigenvalue weighted by atomic mass is 16.5. The summed E-state index contributed by atoms with van der Waals surface area (Å²) in [6.07, 6.45) is 6.88. The van der Waals surface area contributed by atoms with Gasteiger partial charge in [-0.3, -0.25) is 0 Å². The van der Waals surface area contributed by atoms with Gasteiger partial charge in [-0.25, -0.2) is 4.79 Å². The molecule has 1 fully saturated rings. The summed E-state index contributed by atoms with van der Waals surface area (Å²) in [4.78, 5) is 11.9. The summed E-state index contributed by atoms with van der Waals surface area (Å²) in [6.45, 7) is 3.74. The second-order valence-electron chi connectivity index (χ2n) is 5.55. The van der Waals surface area contributed by atoms with E-state index in [0.29, 0.717) is 5.92 Å². The van der Waals surface area contributed by atoms with Crippen molar-refractivity contribution >= 4 is 6.03 Å². The van der Waals surface area contributed by atoms with Crippen LogP contribution in [0.4, 0.5) is 4.79 Å². The third kappa shape index (κ3) is 4.21. The Morgan fingerprint density at radius 1 is 1.53 bits per heavy atom. The average molecular weight is 268 g/mol. The van der Waals surface area contributed by atoms with Gasteiger partial charge in [-0.05, 0) is 26.2 Å². The standard InChI is InChI=1S/C14H24N2O3/c1-10(12-3-2-6-19-9-12)15-14(18)16-13-5-4-11(7-13)8-17/h4-5,10-13,17H,2-3,6-9H2,1H3,(H2,15,16,18)/t10?,11-,12?,13+/m0/s1. The van der Waals surface area contributed by atoms with E-state index in [9.17, 15) is 4.79 Å². The summed E-state index contributed by atoms with van der Waals surface area (Å²) < 4.78 is 5.44. The SMILES string of the molecule is CC(NC(=O)N[C@@H]1C=C[C@H](CO)C1)C1CCCOC1. The summed E-state index contributed by atoms with van der Waals surface area (Å²) in [6, 6.07) is 0.0255. The van der Waals surface area contributed by atoms with Crippen LogP contribution in [0.5, 0.6) is 0 Å². The molecule has 0 saturated carbocycles. The Labute approximate surface area is 114 Å². The van der Waals surface area contributed by atoms with Crippen molar-refractivity contribution in [2.24, 2.45) is 11.8 Å². The molecule has 0 aromatic rings. The number of carbonyl (C=O) groups is 1. The van der Waals surface area contributed by atoms with Crippen molar-refractivity contribution in [1.82, 2.24) is 10.6 Å². The summed E-state index contributed by atoms with van der Waals surface area (Å²) in [5, 5.41) is 14.9. The third-order valence-electron chi connectivity index (χ3n) is 3.98. The van der Waals surface area contributed by atoms with Crippen LogP contribution < -0.4 is 10.6 Å². The Morgan fingerprint density at radius 3 is 3.00 bits per heavy atom. The Balaban J connectivity index is 1.70. The largest absolute Gasteiger partial charge is 0.396 e. The van der Waals surface area contributed by atoms with Crippen molar-refractivity contribution in [2.45, 2.75) is 38.3 Å². The lowest BCUT2D eigenvalue weighted by atomic mass is 9.95. The van der Waals surface area contributed by atoms with Gasteiger partial charge in [0.1, 0.15) is 0 Å². The van der Waals surface area contributed by atoms with Gasteiger partial charge in [0.05, 0.1) is 6.61 Å². The van der Waals surface area contributed by atoms with Crippen LogP contribution in [0, 0.1) is 11.8 Å². The van der Waals surface area contributed by atoms with Crippen molar-refractivity contribution in [1.29, 1.82) is 0 Å². The van der Waals surface area contributed by atoms with Crippen LogP contribution in [0.25, 0.3) is 0 Å². The van der Waals surface area contributed by atoms with E-state index in [1.165, 1.54) is 0 Å². The minimum atomic E-state index is -0.133. The molecule has 1 heterocycles. The fourth-order valence-electron chi connectivity index (χ4n) is 2.71. The van der Waals surface area contributed by atoms with Crippen LogP contribution in [-0.2, 0) is 4.74 Å². The van der Waals surface area contributed by atoms with E-state index in [0.717, 1.165) is 32.5 Å². The molecule has 0 radical (unpaired) electrons. The summed E-state index contributed by atoms with van der Waals surface area (Å²) in [5.74, 6) is 0.582. The second kappa shape index (κ2) is 6.91. The predicted octanol–water partition coefficient (Wildman–Crippen LogP) is 1.04. The second-order valence-corrected chi connectivity index (χ2v) is 5.55. The Bertz CT molecular complexity index is 327. The number of aliphatic hydroxyl groups is 1. The molecule has 2 rings (SSSR count). The van der Waals surface area contributed by atoms with Crippen molar-refractivity contribution < 1.29 is 14.6 Å². The Hall–Kier alpha value is -1.07. The molecule has 3 N–H and O–H groups in total. The van der Waals surface area contributed by atoms with Crippen LogP contribution in [0.1, 0.15) is 26.2 Å². The first-order valence-electron chi connectivity index (χ1n) is 7.13. The lowest BCUT2D eigenvalue weighted by Crippen LogP contribution is -2.48. The molecule has 1 saturated heterocycles. The summed E-state index contributed by atoms with van der Waals surface area (Å²) in [7, 11) is 0. The molecule has 1 aliphatic carbocycles. The topological polar surface area (TPSA) is 70.6 Å². The molecular weight excluding hydrogens is 244 g/mol. The first kappa shape index (κ1) is 14.3. The van der Waals surface area contributed by atoms with E-state index in [4.69, 9.17) is 9.84 Å². The summed E-state index contributed by atoms with van der Waals surface area (Å²) in [5.41, 5.74) is 0. The van der Waals surface area contributed by atoms with Crippen LogP contribution in [0.3, 0.4) is 0 Å². The molecule has 0 bridgehead atoms. The van der Waals surface area contributed by atoms with Gasteiger partial charge >= 0.3 is 6.03 Å². The van der Waals surface area contributed by atoms with Crippen LogP contribution in [-0.4, -0.2) is 43.0 Å². The average Bonchev–Trinajstić information content (AvgIpc) is 2.87. The maximum Gasteiger partial charge on any atom is 0.315 e. The molecule has 5 heteroatoms. The van der Waals surface area contributed by atoms with Crippen LogP contribution in [0.2, 0.25) is 0 Å². The zero-order valence-corrected chi connectivity index (χ0v) is 11.5. The highest BCUT2D eigenvalue weighted by molar-refractivity contribution is 5.74. The zero-order valence-electron chi connectivity index (χ0n) is 11.5. The van der Waals surface area contributed by atoms with Gasteiger partial charge in [0, 0.05) is 37.1 Å². The van der Waals surface area contributed by atoms with Crippen molar-refractivity contribution in [2.75, 3.05) is 19.8 Å². The molecule has 0 spiro atoms. The quantitative estimate of drug-likeness (QED) is 0.667. The first-order valence-corrected chi connectivity index (χ1v) is 7.13. The Morgan fingerprint density at radius 2 is 2.37 bits per heavy atom. The molecule has 19 heavy (non-hydrogen) atoms. The van der Waals surface area contributed by atoms with Crippen molar-refractivity contribution in [3.8, 4) is 0 Å². The minimum Gasteiger partial charge on any atom is -0.396 e.